The number of ether oxygens (including phenoxy) is 1. The van der Waals surface area contributed by atoms with Gasteiger partial charge >= 0.3 is 0 Å². The van der Waals surface area contributed by atoms with Gasteiger partial charge < -0.3 is 4.74 Å². The smallest absolute Gasteiger partial charge is 0.190 e. The van der Waals surface area contributed by atoms with E-state index in [0.29, 0.717) is 6.29 Å². The SMILES string of the molecule is O=Cc1cc(F)c(OCCF)c(F)c1. The normalized spacial score (nSPS) is 9.93. The zero-order valence-corrected chi connectivity index (χ0v) is 7.10. The lowest BCUT2D eigenvalue weighted by molar-refractivity contribution is 0.112. The van der Waals surface area contributed by atoms with Crippen molar-refractivity contribution in [3.05, 3.63) is 29.3 Å². The van der Waals surface area contributed by atoms with E-state index >= 15 is 0 Å². The molecule has 1 rings (SSSR count). The fraction of sp³-hybridized carbons (Fsp3) is 0.222. The zero-order chi connectivity index (χ0) is 10.6. The zero-order valence-electron chi connectivity index (χ0n) is 7.10. The molecule has 1 aromatic rings. The third kappa shape index (κ3) is 2.25. The van der Waals surface area contributed by atoms with Gasteiger partial charge in [0, 0.05) is 5.56 Å². The topological polar surface area (TPSA) is 26.3 Å². The average Bonchev–Trinajstić information content (AvgIpc) is 2.16. The largest absolute Gasteiger partial charge is 0.485 e. The van der Waals surface area contributed by atoms with Crippen molar-refractivity contribution in [2.24, 2.45) is 0 Å². The minimum absolute atomic E-state index is 0.132. The van der Waals surface area contributed by atoms with E-state index in [1.807, 2.05) is 0 Å². The van der Waals surface area contributed by atoms with Gasteiger partial charge in [0.15, 0.2) is 17.4 Å². The Bertz CT molecular complexity index is 316. The lowest BCUT2D eigenvalue weighted by atomic mass is 10.2. The van der Waals surface area contributed by atoms with E-state index < -0.39 is 30.7 Å². The maximum atomic E-state index is 13.0. The van der Waals surface area contributed by atoms with Crippen molar-refractivity contribution < 1.29 is 22.7 Å². The Hall–Kier alpha value is -1.52. The number of rotatable bonds is 4. The van der Waals surface area contributed by atoms with Crippen molar-refractivity contribution in [3.8, 4) is 5.75 Å². The first kappa shape index (κ1) is 10.6. The molecule has 0 unspecified atom stereocenters. The van der Waals surface area contributed by atoms with Crippen LogP contribution in [-0.2, 0) is 0 Å². The molecule has 0 N–H and O–H groups in total. The standard InChI is InChI=1S/C9H7F3O2/c10-1-2-14-9-7(11)3-6(5-13)4-8(9)12/h3-5H,1-2H2. The fourth-order valence-electron chi connectivity index (χ4n) is 0.926. The highest BCUT2D eigenvalue weighted by atomic mass is 19.1. The molecule has 14 heavy (non-hydrogen) atoms. The molecule has 0 radical (unpaired) electrons. The van der Waals surface area contributed by atoms with Crippen molar-refractivity contribution in [1.29, 1.82) is 0 Å². The van der Waals surface area contributed by atoms with Gasteiger partial charge in [-0.25, -0.2) is 13.2 Å². The Morgan fingerprint density at radius 1 is 1.29 bits per heavy atom. The summed E-state index contributed by atoms with van der Waals surface area (Å²) in [5.74, 6) is -2.69. The van der Waals surface area contributed by atoms with E-state index in [4.69, 9.17) is 0 Å². The molecule has 5 heteroatoms. The first-order valence-corrected chi connectivity index (χ1v) is 3.82. The molecule has 0 aromatic heterocycles. The third-order valence-electron chi connectivity index (χ3n) is 1.48. The molecular formula is C9H7F3O2. The molecule has 0 aliphatic rings. The molecule has 0 saturated heterocycles. The Morgan fingerprint density at radius 3 is 2.29 bits per heavy atom. The van der Waals surface area contributed by atoms with E-state index in [1.54, 1.807) is 0 Å². The summed E-state index contributed by atoms with van der Waals surface area (Å²) in [4.78, 5) is 10.2. The Morgan fingerprint density at radius 2 is 1.86 bits per heavy atom. The Balaban J connectivity index is 2.99. The molecule has 0 fully saturated rings. The number of benzene rings is 1. The molecule has 2 nitrogen and oxygen atoms in total. The number of hydrogen-bond acceptors (Lipinski definition) is 2. The van der Waals surface area contributed by atoms with Crippen molar-refractivity contribution in [3.63, 3.8) is 0 Å². The molecule has 76 valence electrons. The van der Waals surface area contributed by atoms with E-state index in [-0.39, 0.29) is 5.56 Å². The number of carbonyl (C=O) groups is 1. The summed E-state index contributed by atoms with van der Waals surface area (Å²) < 4.78 is 42.1. The van der Waals surface area contributed by atoms with Crippen LogP contribution in [0.15, 0.2) is 12.1 Å². The second-order valence-electron chi connectivity index (χ2n) is 2.47. The van der Waals surface area contributed by atoms with Crippen LogP contribution in [0.4, 0.5) is 13.2 Å². The highest BCUT2D eigenvalue weighted by molar-refractivity contribution is 5.75. The Labute approximate surface area is 78.3 Å². The summed E-state index contributed by atoms with van der Waals surface area (Å²) in [7, 11) is 0. The maximum Gasteiger partial charge on any atom is 0.190 e. The van der Waals surface area contributed by atoms with Crippen LogP contribution in [0.25, 0.3) is 0 Å². The van der Waals surface area contributed by atoms with Gasteiger partial charge in [0.25, 0.3) is 0 Å². The van der Waals surface area contributed by atoms with Crippen LogP contribution in [-0.4, -0.2) is 19.6 Å². The summed E-state index contributed by atoms with van der Waals surface area (Å²) >= 11 is 0. The van der Waals surface area contributed by atoms with Crippen LogP contribution in [0.3, 0.4) is 0 Å². The van der Waals surface area contributed by atoms with Gasteiger partial charge in [-0.15, -0.1) is 0 Å². The summed E-state index contributed by atoms with van der Waals surface area (Å²) in [6.45, 7) is -1.26. The lowest BCUT2D eigenvalue weighted by Crippen LogP contribution is -2.03. The van der Waals surface area contributed by atoms with Crippen LogP contribution in [0.5, 0.6) is 5.75 Å². The molecule has 0 aliphatic heterocycles. The third-order valence-corrected chi connectivity index (χ3v) is 1.48. The van der Waals surface area contributed by atoms with Gasteiger partial charge in [-0.3, -0.25) is 4.79 Å². The molecular weight excluding hydrogens is 197 g/mol. The molecule has 0 bridgehead atoms. The van der Waals surface area contributed by atoms with E-state index in [0.717, 1.165) is 12.1 Å². The first-order chi connectivity index (χ1) is 6.69. The quantitative estimate of drug-likeness (QED) is 0.702. The summed E-state index contributed by atoms with van der Waals surface area (Å²) in [6, 6.07) is 1.65. The second-order valence-corrected chi connectivity index (χ2v) is 2.47. The van der Waals surface area contributed by atoms with Gasteiger partial charge in [0.05, 0.1) is 0 Å². The highest BCUT2D eigenvalue weighted by Gasteiger charge is 2.12. The first-order valence-electron chi connectivity index (χ1n) is 3.82. The summed E-state index contributed by atoms with van der Waals surface area (Å²) in [6.07, 6.45) is 0.311. The summed E-state index contributed by atoms with van der Waals surface area (Å²) in [5.41, 5.74) is -0.132. The molecule has 0 amide bonds. The van der Waals surface area contributed by atoms with Crippen LogP contribution in [0.2, 0.25) is 0 Å². The molecule has 0 atom stereocenters. The number of halogens is 3. The maximum absolute atomic E-state index is 13.0. The molecule has 0 saturated carbocycles. The van der Waals surface area contributed by atoms with E-state index in [9.17, 15) is 18.0 Å². The van der Waals surface area contributed by atoms with Gasteiger partial charge in [-0.1, -0.05) is 0 Å². The van der Waals surface area contributed by atoms with E-state index in [2.05, 4.69) is 4.74 Å². The van der Waals surface area contributed by atoms with Gasteiger partial charge in [-0.2, -0.15) is 0 Å². The van der Waals surface area contributed by atoms with Crippen LogP contribution >= 0.6 is 0 Å². The van der Waals surface area contributed by atoms with Gasteiger partial charge in [0.2, 0.25) is 0 Å². The Kier molecular flexibility index (Phi) is 3.50. The minimum Gasteiger partial charge on any atom is -0.485 e. The van der Waals surface area contributed by atoms with Crippen LogP contribution < -0.4 is 4.74 Å². The van der Waals surface area contributed by atoms with Crippen molar-refractivity contribution >= 4 is 6.29 Å². The lowest BCUT2D eigenvalue weighted by Gasteiger charge is -2.06. The average molecular weight is 204 g/mol. The van der Waals surface area contributed by atoms with E-state index in [1.165, 1.54) is 0 Å². The van der Waals surface area contributed by atoms with Crippen molar-refractivity contribution in [1.82, 2.24) is 0 Å². The number of alkyl halides is 1. The predicted molar refractivity (Wildman–Crippen MR) is 43.2 cm³/mol. The highest BCUT2D eigenvalue weighted by Crippen LogP contribution is 2.22. The van der Waals surface area contributed by atoms with Gasteiger partial charge in [-0.05, 0) is 12.1 Å². The minimum atomic E-state index is -1.01. The van der Waals surface area contributed by atoms with Crippen molar-refractivity contribution in [2.45, 2.75) is 0 Å². The molecule has 1 aromatic carbocycles. The summed E-state index contributed by atoms with van der Waals surface area (Å²) in [5, 5.41) is 0. The number of hydrogen-bond donors (Lipinski definition) is 0. The predicted octanol–water partition coefficient (Wildman–Crippen LogP) is 2.13. The molecule has 0 aliphatic carbocycles. The number of aldehydes is 1. The second kappa shape index (κ2) is 4.64. The number of carbonyl (C=O) groups excluding carboxylic acids is 1. The van der Waals surface area contributed by atoms with Crippen LogP contribution in [0, 0.1) is 11.6 Å². The van der Waals surface area contributed by atoms with Gasteiger partial charge in [0.1, 0.15) is 19.6 Å². The monoisotopic (exact) mass is 204 g/mol. The molecule has 0 heterocycles. The van der Waals surface area contributed by atoms with Crippen LogP contribution in [0.1, 0.15) is 10.4 Å². The molecule has 0 spiro atoms. The fourth-order valence-corrected chi connectivity index (χ4v) is 0.926. The van der Waals surface area contributed by atoms with Crippen molar-refractivity contribution in [2.75, 3.05) is 13.3 Å².